The monoisotopic (exact) mass is 296 g/mol. The first-order chi connectivity index (χ1) is 10.0. The average Bonchev–Trinajstić information content (AvgIpc) is 2.42. The summed E-state index contributed by atoms with van der Waals surface area (Å²) in [5, 5.41) is 0. The van der Waals surface area contributed by atoms with Crippen LogP contribution in [0.2, 0.25) is 0 Å². The van der Waals surface area contributed by atoms with Crippen molar-refractivity contribution in [1.82, 2.24) is 0 Å². The smallest absolute Gasteiger partial charge is 0.155 e. The van der Waals surface area contributed by atoms with Crippen LogP contribution < -0.4 is 0 Å². The molecule has 0 aromatic heterocycles. The van der Waals surface area contributed by atoms with Gasteiger partial charge in [0, 0.05) is 31.6 Å². The molecular weight excluding hydrogens is 268 g/mol. The maximum atomic E-state index is 5.95. The zero-order valence-corrected chi connectivity index (χ0v) is 13.8. The Morgan fingerprint density at radius 2 is 1.71 bits per heavy atom. The topological polar surface area (TPSA) is 36.9 Å². The van der Waals surface area contributed by atoms with Crippen LogP contribution in [0.15, 0.2) is 11.1 Å². The first kappa shape index (κ1) is 18.2. The second-order valence-electron chi connectivity index (χ2n) is 5.17. The highest BCUT2D eigenvalue weighted by atomic mass is 16.7. The van der Waals surface area contributed by atoms with Crippen molar-refractivity contribution in [2.45, 2.75) is 72.2 Å². The van der Waals surface area contributed by atoms with Gasteiger partial charge in [0.2, 0.25) is 0 Å². The van der Waals surface area contributed by atoms with E-state index in [2.05, 4.69) is 5.92 Å². The molecule has 120 valence electrons. The minimum absolute atomic E-state index is 0.0140. The molecule has 0 saturated heterocycles. The van der Waals surface area contributed by atoms with Gasteiger partial charge in [0.05, 0.1) is 12.2 Å². The van der Waals surface area contributed by atoms with E-state index in [9.17, 15) is 0 Å². The molecule has 4 nitrogen and oxygen atoms in total. The fourth-order valence-electron chi connectivity index (χ4n) is 2.57. The van der Waals surface area contributed by atoms with Crippen LogP contribution in [-0.2, 0) is 18.9 Å². The molecule has 0 aliphatic heterocycles. The SMILES string of the molecule is C#CC1=C(C)[C@@H](OC(C)OCC)C[C@@H](OC(C)OCC)C1. The van der Waals surface area contributed by atoms with E-state index in [1.807, 2.05) is 34.6 Å². The number of hydrogen-bond acceptors (Lipinski definition) is 4. The lowest BCUT2D eigenvalue weighted by atomic mass is 9.88. The summed E-state index contributed by atoms with van der Waals surface area (Å²) in [6, 6.07) is 0. The van der Waals surface area contributed by atoms with Gasteiger partial charge in [-0.1, -0.05) is 5.92 Å². The van der Waals surface area contributed by atoms with Gasteiger partial charge in [-0.25, -0.2) is 0 Å². The summed E-state index contributed by atoms with van der Waals surface area (Å²) >= 11 is 0. The van der Waals surface area contributed by atoms with Crippen LogP contribution in [0.4, 0.5) is 0 Å². The van der Waals surface area contributed by atoms with E-state index in [1.165, 1.54) is 0 Å². The summed E-state index contributed by atoms with van der Waals surface area (Å²) in [6.45, 7) is 11.0. The van der Waals surface area contributed by atoms with Crippen LogP contribution in [0.3, 0.4) is 0 Å². The second-order valence-corrected chi connectivity index (χ2v) is 5.17. The number of terminal acetylenes is 1. The van der Waals surface area contributed by atoms with Gasteiger partial charge in [-0.05, 0) is 40.2 Å². The molecule has 0 bridgehead atoms. The third-order valence-electron chi connectivity index (χ3n) is 3.58. The Morgan fingerprint density at radius 1 is 1.14 bits per heavy atom. The van der Waals surface area contributed by atoms with Gasteiger partial charge in [-0.15, -0.1) is 6.42 Å². The lowest BCUT2D eigenvalue weighted by molar-refractivity contribution is -0.185. The highest BCUT2D eigenvalue weighted by Crippen LogP contribution is 2.30. The van der Waals surface area contributed by atoms with Crippen molar-refractivity contribution in [3.05, 3.63) is 11.1 Å². The minimum Gasteiger partial charge on any atom is -0.353 e. The molecule has 0 aromatic carbocycles. The summed E-state index contributed by atoms with van der Waals surface area (Å²) in [5.74, 6) is 2.76. The largest absolute Gasteiger partial charge is 0.353 e. The Kier molecular flexibility index (Phi) is 7.98. The third-order valence-corrected chi connectivity index (χ3v) is 3.58. The van der Waals surface area contributed by atoms with Crippen molar-refractivity contribution in [3.8, 4) is 12.3 Å². The van der Waals surface area contributed by atoms with Crippen LogP contribution in [0.1, 0.15) is 47.5 Å². The van der Waals surface area contributed by atoms with Crippen LogP contribution >= 0.6 is 0 Å². The summed E-state index contributed by atoms with van der Waals surface area (Å²) in [5.41, 5.74) is 2.07. The predicted octanol–water partition coefficient (Wildman–Crippen LogP) is 3.27. The van der Waals surface area contributed by atoms with Gasteiger partial charge in [-0.3, -0.25) is 0 Å². The molecule has 0 spiro atoms. The Balaban J connectivity index is 2.71. The van der Waals surface area contributed by atoms with E-state index in [4.69, 9.17) is 25.4 Å². The third kappa shape index (κ3) is 5.80. The summed E-state index contributed by atoms with van der Waals surface area (Å²) in [6.07, 6.45) is 6.59. The lowest BCUT2D eigenvalue weighted by Gasteiger charge is -2.33. The van der Waals surface area contributed by atoms with Gasteiger partial charge >= 0.3 is 0 Å². The zero-order valence-electron chi connectivity index (χ0n) is 13.8. The van der Waals surface area contributed by atoms with E-state index in [1.54, 1.807) is 0 Å². The summed E-state index contributed by atoms with van der Waals surface area (Å²) in [7, 11) is 0. The number of rotatable bonds is 8. The van der Waals surface area contributed by atoms with Crippen molar-refractivity contribution in [3.63, 3.8) is 0 Å². The molecular formula is C17H28O4. The summed E-state index contributed by atoms with van der Waals surface area (Å²) in [4.78, 5) is 0. The van der Waals surface area contributed by atoms with Crippen LogP contribution in [0.25, 0.3) is 0 Å². The lowest BCUT2D eigenvalue weighted by Crippen LogP contribution is -2.35. The molecule has 2 unspecified atom stereocenters. The van der Waals surface area contributed by atoms with Crippen molar-refractivity contribution in [2.75, 3.05) is 13.2 Å². The molecule has 1 aliphatic rings. The van der Waals surface area contributed by atoms with Gasteiger partial charge in [0.15, 0.2) is 12.6 Å². The Hall–Kier alpha value is -0.860. The number of hydrogen-bond donors (Lipinski definition) is 0. The molecule has 0 aromatic rings. The molecule has 0 heterocycles. The van der Waals surface area contributed by atoms with E-state index in [0.717, 1.165) is 24.0 Å². The molecule has 0 amide bonds. The number of ether oxygens (including phenoxy) is 4. The molecule has 0 fully saturated rings. The Bertz CT molecular complexity index is 383. The first-order valence-corrected chi connectivity index (χ1v) is 7.72. The van der Waals surface area contributed by atoms with Crippen molar-refractivity contribution in [2.24, 2.45) is 0 Å². The molecule has 0 saturated carbocycles. The minimum atomic E-state index is -0.253. The maximum absolute atomic E-state index is 5.95. The quantitative estimate of drug-likeness (QED) is 0.509. The molecule has 4 atom stereocenters. The normalized spacial score (nSPS) is 25.5. The Morgan fingerprint density at radius 3 is 2.24 bits per heavy atom. The van der Waals surface area contributed by atoms with E-state index in [-0.39, 0.29) is 24.8 Å². The van der Waals surface area contributed by atoms with Crippen molar-refractivity contribution in [1.29, 1.82) is 0 Å². The van der Waals surface area contributed by atoms with Gasteiger partial charge in [-0.2, -0.15) is 0 Å². The molecule has 21 heavy (non-hydrogen) atoms. The van der Waals surface area contributed by atoms with Gasteiger partial charge in [0.25, 0.3) is 0 Å². The zero-order chi connectivity index (χ0) is 15.8. The highest BCUT2D eigenvalue weighted by Gasteiger charge is 2.30. The van der Waals surface area contributed by atoms with Crippen LogP contribution in [0.5, 0.6) is 0 Å². The summed E-state index contributed by atoms with van der Waals surface area (Å²) < 4.78 is 22.8. The van der Waals surface area contributed by atoms with Gasteiger partial charge < -0.3 is 18.9 Å². The highest BCUT2D eigenvalue weighted by molar-refractivity contribution is 5.35. The van der Waals surface area contributed by atoms with E-state index < -0.39 is 0 Å². The molecule has 1 aliphatic carbocycles. The molecule has 4 heteroatoms. The predicted molar refractivity (Wildman–Crippen MR) is 82.7 cm³/mol. The van der Waals surface area contributed by atoms with Crippen molar-refractivity contribution >= 4 is 0 Å². The standard InChI is InChI=1S/C17H28O4/c1-7-15-10-16(20-13(5)18-8-2)11-17(12(15)4)21-14(6)19-9-3/h1,13-14,16-17H,8-11H2,2-6H3/t13?,14?,16-,17-/m0/s1. The first-order valence-electron chi connectivity index (χ1n) is 7.72. The van der Waals surface area contributed by atoms with Crippen LogP contribution in [-0.4, -0.2) is 38.0 Å². The van der Waals surface area contributed by atoms with Gasteiger partial charge in [0.1, 0.15) is 0 Å². The maximum Gasteiger partial charge on any atom is 0.155 e. The Labute approximate surface area is 128 Å². The van der Waals surface area contributed by atoms with E-state index in [0.29, 0.717) is 13.2 Å². The molecule has 0 radical (unpaired) electrons. The van der Waals surface area contributed by atoms with E-state index >= 15 is 0 Å². The average molecular weight is 296 g/mol. The molecule has 1 rings (SSSR count). The van der Waals surface area contributed by atoms with Crippen molar-refractivity contribution < 1.29 is 18.9 Å². The second kappa shape index (κ2) is 9.22. The molecule has 0 N–H and O–H groups in total. The fourth-order valence-corrected chi connectivity index (χ4v) is 2.57. The van der Waals surface area contributed by atoms with Crippen LogP contribution in [0, 0.1) is 12.3 Å². The fraction of sp³-hybridized carbons (Fsp3) is 0.765.